The average Bonchev–Trinajstić information content (AvgIpc) is 2.14. The summed E-state index contributed by atoms with van der Waals surface area (Å²) in [5, 5.41) is -0.254. The molecule has 0 aliphatic carbocycles. The molecule has 0 atom stereocenters. The van der Waals surface area contributed by atoms with Crippen LogP contribution in [-0.4, -0.2) is 10.9 Å². The number of carbonyl (C=O) groups excluding carboxylic acids is 1. The van der Waals surface area contributed by atoms with Crippen LogP contribution in [0.3, 0.4) is 0 Å². The van der Waals surface area contributed by atoms with Crippen molar-refractivity contribution in [3.63, 3.8) is 0 Å². The lowest BCUT2D eigenvalue weighted by Gasteiger charge is -2.08. The second-order valence-electron chi connectivity index (χ2n) is 3.11. The van der Waals surface area contributed by atoms with Crippen molar-refractivity contribution in [3.8, 4) is 0 Å². The molecular formula is C9H8ClF3N2O. The normalized spacial score (nSPS) is 11.5. The number of hydrogen-bond acceptors (Lipinski definition) is 2. The molecular weight excluding hydrogens is 245 g/mol. The molecule has 1 heterocycles. The molecule has 0 radical (unpaired) electrons. The molecule has 2 N–H and O–H groups in total. The van der Waals surface area contributed by atoms with Gasteiger partial charge in [0.2, 0.25) is 5.91 Å². The van der Waals surface area contributed by atoms with Crippen LogP contribution in [-0.2, 0) is 17.4 Å². The highest BCUT2D eigenvalue weighted by Gasteiger charge is 2.32. The Morgan fingerprint density at radius 3 is 2.50 bits per heavy atom. The summed E-state index contributed by atoms with van der Waals surface area (Å²) in [7, 11) is 0. The zero-order valence-electron chi connectivity index (χ0n) is 8.01. The van der Waals surface area contributed by atoms with Crippen molar-refractivity contribution < 1.29 is 18.0 Å². The maximum Gasteiger partial charge on any atom is 0.433 e. The number of halogens is 4. The van der Waals surface area contributed by atoms with Gasteiger partial charge in [0, 0.05) is 6.42 Å². The zero-order chi connectivity index (χ0) is 12.3. The second kappa shape index (κ2) is 4.69. The molecule has 1 aromatic heterocycles. The Hall–Kier alpha value is -1.30. The van der Waals surface area contributed by atoms with Gasteiger partial charge in [0.25, 0.3) is 0 Å². The van der Waals surface area contributed by atoms with Gasteiger partial charge in [-0.05, 0) is 18.1 Å². The van der Waals surface area contributed by atoms with Crippen molar-refractivity contribution in [1.82, 2.24) is 4.98 Å². The first kappa shape index (κ1) is 12.8. The molecule has 0 bridgehead atoms. The van der Waals surface area contributed by atoms with Crippen LogP contribution in [0.15, 0.2) is 12.1 Å². The summed E-state index contributed by atoms with van der Waals surface area (Å²) in [5.41, 5.74) is 4.22. The Bertz CT molecular complexity index is 406. The van der Waals surface area contributed by atoms with Crippen molar-refractivity contribution in [2.45, 2.75) is 19.0 Å². The molecule has 1 amide bonds. The predicted octanol–water partition coefficient (Wildman–Crippen LogP) is 2.17. The van der Waals surface area contributed by atoms with Crippen LogP contribution in [0.5, 0.6) is 0 Å². The summed E-state index contributed by atoms with van der Waals surface area (Å²) in [6, 6.07) is 2.02. The number of rotatable bonds is 3. The summed E-state index contributed by atoms with van der Waals surface area (Å²) in [4.78, 5) is 13.7. The third-order valence-electron chi connectivity index (χ3n) is 1.86. The number of primary amides is 1. The third-order valence-corrected chi connectivity index (χ3v) is 2.18. The Morgan fingerprint density at radius 1 is 1.44 bits per heavy atom. The van der Waals surface area contributed by atoms with Crippen LogP contribution in [0.2, 0.25) is 5.15 Å². The molecule has 0 saturated heterocycles. The fourth-order valence-corrected chi connectivity index (χ4v) is 1.31. The summed E-state index contributed by atoms with van der Waals surface area (Å²) >= 11 is 5.56. The van der Waals surface area contributed by atoms with Crippen LogP contribution in [0.4, 0.5) is 13.2 Å². The molecule has 3 nitrogen and oxygen atoms in total. The quantitative estimate of drug-likeness (QED) is 0.838. The zero-order valence-corrected chi connectivity index (χ0v) is 8.77. The van der Waals surface area contributed by atoms with Crippen molar-refractivity contribution in [3.05, 3.63) is 28.5 Å². The lowest BCUT2D eigenvalue weighted by Crippen LogP contribution is -2.12. The summed E-state index contributed by atoms with van der Waals surface area (Å²) < 4.78 is 36.7. The lowest BCUT2D eigenvalue weighted by atomic mass is 10.1. The fourth-order valence-electron chi connectivity index (χ4n) is 1.07. The Morgan fingerprint density at radius 2 is 2.06 bits per heavy atom. The highest BCUT2D eigenvalue weighted by Crippen LogP contribution is 2.29. The summed E-state index contributed by atoms with van der Waals surface area (Å²) in [5.74, 6) is -0.545. The molecule has 7 heteroatoms. The van der Waals surface area contributed by atoms with Gasteiger partial charge in [-0.2, -0.15) is 13.2 Å². The number of nitrogens with two attached hydrogens (primary N) is 1. The average molecular weight is 253 g/mol. The van der Waals surface area contributed by atoms with Crippen molar-refractivity contribution in [2.75, 3.05) is 0 Å². The molecule has 88 valence electrons. The first-order valence-electron chi connectivity index (χ1n) is 4.31. The lowest BCUT2D eigenvalue weighted by molar-refractivity contribution is -0.141. The molecule has 0 spiro atoms. The second-order valence-corrected chi connectivity index (χ2v) is 3.47. The Balaban J connectivity index is 2.88. The number of alkyl halides is 3. The maximum atomic E-state index is 12.2. The number of hydrogen-bond donors (Lipinski definition) is 1. The number of nitrogens with zero attached hydrogens (tertiary/aromatic N) is 1. The minimum absolute atomic E-state index is 0.0206. The largest absolute Gasteiger partial charge is 0.433 e. The summed E-state index contributed by atoms with van der Waals surface area (Å²) in [6.07, 6.45) is -4.32. The summed E-state index contributed by atoms with van der Waals surface area (Å²) in [6.45, 7) is 0. The number of aryl methyl sites for hydroxylation is 1. The minimum atomic E-state index is -4.52. The molecule has 0 aromatic carbocycles. The van der Waals surface area contributed by atoms with E-state index in [4.69, 9.17) is 17.3 Å². The fraction of sp³-hybridized carbons (Fsp3) is 0.333. The molecule has 0 saturated carbocycles. The van der Waals surface area contributed by atoms with E-state index in [0.29, 0.717) is 5.56 Å². The maximum absolute atomic E-state index is 12.2. The van der Waals surface area contributed by atoms with Gasteiger partial charge in [-0.3, -0.25) is 4.79 Å². The monoisotopic (exact) mass is 252 g/mol. The van der Waals surface area contributed by atoms with Crippen LogP contribution >= 0.6 is 11.6 Å². The molecule has 0 aliphatic heterocycles. The number of amides is 1. The Kier molecular flexibility index (Phi) is 3.74. The van der Waals surface area contributed by atoms with Crippen LogP contribution in [0, 0.1) is 0 Å². The molecule has 0 fully saturated rings. The molecule has 1 aromatic rings. The van der Waals surface area contributed by atoms with E-state index in [-0.39, 0.29) is 18.0 Å². The third kappa shape index (κ3) is 3.37. The first-order chi connectivity index (χ1) is 7.30. The van der Waals surface area contributed by atoms with Crippen molar-refractivity contribution in [2.24, 2.45) is 5.73 Å². The molecule has 16 heavy (non-hydrogen) atoms. The van der Waals surface area contributed by atoms with Crippen molar-refractivity contribution in [1.29, 1.82) is 0 Å². The minimum Gasteiger partial charge on any atom is -0.370 e. The van der Waals surface area contributed by atoms with Gasteiger partial charge in [0.1, 0.15) is 10.8 Å². The molecule has 0 aliphatic rings. The number of pyridine rings is 1. The van der Waals surface area contributed by atoms with Gasteiger partial charge in [0.15, 0.2) is 0 Å². The van der Waals surface area contributed by atoms with E-state index in [1.54, 1.807) is 0 Å². The standard InChI is InChI=1S/C9H8ClF3N2O/c10-8-5(2-4-7(14)16)1-3-6(15-8)9(11,12)13/h1,3H,2,4H2,(H2,14,16). The predicted molar refractivity (Wildman–Crippen MR) is 51.8 cm³/mol. The van der Waals surface area contributed by atoms with E-state index in [1.807, 2.05) is 0 Å². The van der Waals surface area contributed by atoms with E-state index in [1.165, 1.54) is 6.07 Å². The van der Waals surface area contributed by atoms with E-state index in [2.05, 4.69) is 4.98 Å². The Labute approximate surface area is 94.4 Å². The highest BCUT2D eigenvalue weighted by molar-refractivity contribution is 6.30. The number of carbonyl (C=O) groups is 1. The first-order valence-corrected chi connectivity index (χ1v) is 4.69. The SMILES string of the molecule is NC(=O)CCc1ccc(C(F)(F)F)nc1Cl. The van der Waals surface area contributed by atoms with Gasteiger partial charge in [0.05, 0.1) is 0 Å². The van der Waals surface area contributed by atoms with Gasteiger partial charge in [-0.15, -0.1) is 0 Å². The van der Waals surface area contributed by atoms with Crippen LogP contribution in [0.25, 0.3) is 0 Å². The smallest absolute Gasteiger partial charge is 0.370 e. The van der Waals surface area contributed by atoms with E-state index in [0.717, 1.165) is 6.07 Å². The molecule has 0 unspecified atom stereocenters. The van der Waals surface area contributed by atoms with Gasteiger partial charge >= 0.3 is 6.18 Å². The van der Waals surface area contributed by atoms with E-state index < -0.39 is 17.8 Å². The highest BCUT2D eigenvalue weighted by atomic mass is 35.5. The van der Waals surface area contributed by atoms with Gasteiger partial charge in [-0.1, -0.05) is 17.7 Å². The van der Waals surface area contributed by atoms with Crippen molar-refractivity contribution >= 4 is 17.5 Å². The van der Waals surface area contributed by atoms with E-state index >= 15 is 0 Å². The van der Waals surface area contributed by atoms with Crippen LogP contribution in [0.1, 0.15) is 17.7 Å². The van der Waals surface area contributed by atoms with E-state index in [9.17, 15) is 18.0 Å². The number of aromatic nitrogens is 1. The van der Waals surface area contributed by atoms with Crippen LogP contribution < -0.4 is 5.73 Å². The topological polar surface area (TPSA) is 56.0 Å². The van der Waals surface area contributed by atoms with Gasteiger partial charge in [-0.25, -0.2) is 4.98 Å². The van der Waals surface area contributed by atoms with Gasteiger partial charge < -0.3 is 5.73 Å². The molecule has 1 rings (SSSR count).